The van der Waals surface area contributed by atoms with Gasteiger partial charge in [-0.1, -0.05) is 12.2 Å². The molecule has 4 nitrogen and oxygen atoms in total. The molecule has 0 radical (unpaired) electrons. The van der Waals surface area contributed by atoms with E-state index < -0.39 is 16.8 Å². The average molecular weight is 269 g/mol. The smallest absolute Gasteiger partial charge is 0.306 e. The molecule has 0 heterocycles. The predicted octanol–water partition coefficient (Wildman–Crippen LogP) is 2.23. The summed E-state index contributed by atoms with van der Waals surface area (Å²) in [4.78, 5) is 21.3. The van der Waals surface area contributed by atoms with Gasteiger partial charge in [0.2, 0.25) is 0 Å². The van der Waals surface area contributed by atoms with Crippen molar-refractivity contribution in [2.45, 2.75) is 24.6 Å². The first kappa shape index (κ1) is 15.3. The van der Waals surface area contributed by atoms with Gasteiger partial charge in [-0.25, -0.2) is 0 Å². The van der Waals surface area contributed by atoms with Crippen molar-refractivity contribution >= 4 is 35.1 Å². The number of hydrogen-bond donors (Lipinski definition) is 0. The van der Waals surface area contributed by atoms with Gasteiger partial charge in [-0.2, -0.15) is 0 Å². The average Bonchev–Trinajstić information content (AvgIpc) is 2.24. The Morgan fingerprint density at radius 2 is 1.75 bits per heavy atom. The third-order valence-electron chi connectivity index (χ3n) is 1.48. The first-order chi connectivity index (χ1) is 7.56. The van der Waals surface area contributed by atoms with E-state index in [1.807, 2.05) is 6.92 Å². The number of carbonyl (C=O) groups is 2. The summed E-state index contributed by atoms with van der Waals surface area (Å²) in [6, 6.07) is 0. The topological polar surface area (TPSA) is 52.6 Å². The first-order valence-corrected chi connectivity index (χ1v) is 5.64. The van der Waals surface area contributed by atoms with Crippen LogP contribution in [0.4, 0.5) is 0 Å². The SMILES string of the molecule is C/C=C/COC(=O)CCC(=O)OCC(Cl)Cl. The number of rotatable bonds is 7. The number of hydrogen-bond acceptors (Lipinski definition) is 4. The van der Waals surface area contributed by atoms with Crippen molar-refractivity contribution in [2.75, 3.05) is 13.2 Å². The molecule has 16 heavy (non-hydrogen) atoms. The Morgan fingerprint density at radius 1 is 1.19 bits per heavy atom. The Kier molecular flexibility index (Phi) is 9.04. The highest BCUT2D eigenvalue weighted by Gasteiger charge is 2.10. The number of ether oxygens (including phenoxy) is 2. The summed E-state index contributed by atoms with van der Waals surface area (Å²) in [5.41, 5.74) is 0. The molecule has 0 aromatic rings. The quantitative estimate of drug-likeness (QED) is 0.404. The molecule has 0 amide bonds. The fourth-order valence-corrected chi connectivity index (χ4v) is 0.868. The van der Waals surface area contributed by atoms with Crippen LogP contribution in [0.25, 0.3) is 0 Å². The normalized spacial score (nSPS) is 10.8. The molecule has 6 heteroatoms. The van der Waals surface area contributed by atoms with Crippen LogP contribution in [-0.4, -0.2) is 30.0 Å². The van der Waals surface area contributed by atoms with Gasteiger partial charge in [0.15, 0.2) is 0 Å². The standard InChI is InChI=1S/C10H14Cl2O4/c1-2-3-6-15-9(13)4-5-10(14)16-7-8(11)12/h2-3,8H,4-7H2,1H3/b3-2+. The summed E-state index contributed by atoms with van der Waals surface area (Å²) in [5.74, 6) is -0.961. The maximum absolute atomic E-state index is 11.0. The van der Waals surface area contributed by atoms with E-state index in [0.29, 0.717) is 0 Å². The van der Waals surface area contributed by atoms with Gasteiger partial charge in [0, 0.05) is 0 Å². The fourth-order valence-electron chi connectivity index (χ4n) is 0.742. The van der Waals surface area contributed by atoms with Gasteiger partial charge in [-0.3, -0.25) is 9.59 Å². The predicted molar refractivity (Wildman–Crippen MR) is 61.5 cm³/mol. The second kappa shape index (κ2) is 9.48. The number of allylic oxidation sites excluding steroid dienone is 1. The molecule has 0 spiro atoms. The lowest BCUT2D eigenvalue weighted by Gasteiger charge is -2.04. The van der Waals surface area contributed by atoms with Gasteiger partial charge in [0.1, 0.15) is 18.1 Å². The third kappa shape index (κ3) is 9.80. The maximum atomic E-state index is 11.0. The number of alkyl halides is 2. The van der Waals surface area contributed by atoms with Gasteiger partial charge >= 0.3 is 11.9 Å². The van der Waals surface area contributed by atoms with E-state index in [9.17, 15) is 9.59 Å². The Hall–Kier alpha value is -0.740. The van der Waals surface area contributed by atoms with Crippen LogP contribution < -0.4 is 0 Å². The summed E-state index contributed by atoms with van der Waals surface area (Å²) in [6.07, 6.45) is 3.42. The van der Waals surface area contributed by atoms with Crippen LogP contribution in [0.5, 0.6) is 0 Å². The molecule has 0 bridgehead atoms. The monoisotopic (exact) mass is 268 g/mol. The molecule has 0 aliphatic heterocycles. The Bertz CT molecular complexity index is 251. The Balaban J connectivity index is 3.55. The molecule has 0 rings (SSSR count). The lowest BCUT2D eigenvalue weighted by molar-refractivity contribution is -0.149. The van der Waals surface area contributed by atoms with Crippen LogP contribution in [0.1, 0.15) is 19.8 Å². The summed E-state index contributed by atoms with van der Waals surface area (Å²) < 4.78 is 9.43. The van der Waals surface area contributed by atoms with E-state index in [0.717, 1.165) is 0 Å². The van der Waals surface area contributed by atoms with Gasteiger partial charge in [0.05, 0.1) is 12.8 Å². The molecule has 92 valence electrons. The van der Waals surface area contributed by atoms with Crippen LogP contribution in [0.3, 0.4) is 0 Å². The maximum Gasteiger partial charge on any atom is 0.306 e. The van der Waals surface area contributed by atoms with Crippen molar-refractivity contribution in [1.82, 2.24) is 0 Å². The van der Waals surface area contributed by atoms with Crippen molar-refractivity contribution in [3.05, 3.63) is 12.2 Å². The zero-order valence-electron chi connectivity index (χ0n) is 8.95. The zero-order chi connectivity index (χ0) is 12.4. The van der Waals surface area contributed by atoms with Gasteiger partial charge < -0.3 is 9.47 Å². The van der Waals surface area contributed by atoms with Crippen LogP contribution in [0.15, 0.2) is 12.2 Å². The van der Waals surface area contributed by atoms with Gasteiger partial charge in [-0.05, 0) is 6.92 Å². The van der Waals surface area contributed by atoms with Gasteiger partial charge in [-0.15, -0.1) is 23.2 Å². The number of esters is 2. The molecule has 0 unspecified atom stereocenters. The minimum atomic E-state index is -0.745. The van der Waals surface area contributed by atoms with Crippen molar-refractivity contribution < 1.29 is 19.1 Å². The van der Waals surface area contributed by atoms with Crippen molar-refractivity contribution in [2.24, 2.45) is 0 Å². The van der Waals surface area contributed by atoms with Crippen molar-refractivity contribution in [1.29, 1.82) is 0 Å². The first-order valence-electron chi connectivity index (χ1n) is 4.76. The molecule has 0 aliphatic carbocycles. The zero-order valence-corrected chi connectivity index (χ0v) is 10.5. The lowest BCUT2D eigenvalue weighted by atomic mass is 10.3. The minimum Gasteiger partial charge on any atom is -0.463 e. The molecule has 0 aromatic heterocycles. The number of halogens is 2. The van der Waals surface area contributed by atoms with E-state index in [-0.39, 0.29) is 26.1 Å². The highest BCUT2D eigenvalue weighted by Crippen LogP contribution is 2.03. The second-order valence-corrected chi connectivity index (χ2v) is 4.10. The highest BCUT2D eigenvalue weighted by atomic mass is 35.5. The Morgan fingerprint density at radius 3 is 2.25 bits per heavy atom. The molecule has 0 atom stereocenters. The lowest BCUT2D eigenvalue weighted by Crippen LogP contribution is -2.13. The minimum absolute atomic E-state index is 0.00831. The fraction of sp³-hybridized carbons (Fsp3) is 0.600. The van der Waals surface area contributed by atoms with E-state index in [1.165, 1.54) is 0 Å². The number of carbonyl (C=O) groups excluding carboxylic acids is 2. The largest absolute Gasteiger partial charge is 0.463 e. The van der Waals surface area contributed by atoms with Gasteiger partial charge in [0.25, 0.3) is 0 Å². The van der Waals surface area contributed by atoms with E-state index in [4.69, 9.17) is 27.9 Å². The highest BCUT2D eigenvalue weighted by molar-refractivity contribution is 6.44. The third-order valence-corrected chi connectivity index (χ3v) is 1.73. The molecular formula is C10H14Cl2O4. The van der Waals surface area contributed by atoms with E-state index in [2.05, 4.69) is 4.74 Å². The molecular weight excluding hydrogens is 255 g/mol. The molecule has 0 N–H and O–H groups in total. The summed E-state index contributed by atoms with van der Waals surface area (Å²) in [5, 5.41) is 0. The van der Waals surface area contributed by atoms with Crippen LogP contribution >= 0.6 is 23.2 Å². The molecule has 0 aliphatic rings. The van der Waals surface area contributed by atoms with Crippen molar-refractivity contribution in [3.63, 3.8) is 0 Å². The molecule has 0 aromatic carbocycles. The summed E-state index contributed by atoms with van der Waals surface area (Å²) >= 11 is 10.7. The van der Waals surface area contributed by atoms with Crippen molar-refractivity contribution in [3.8, 4) is 0 Å². The summed E-state index contributed by atoms with van der Waals surface area (Å²) in [6.45, 7) is 1.96. The second-order valence-electron chi connectivity index (χ2n) is 2.83. The van der Waals surface area contributed by atoms with Crippen LogP contribution in [0, 0.1) is 0 Å². The van der Waals surface area contributed by atoms with Crippen LogP contribution in [-0.2, 0) is 19.1 Å². The van der Waals surface area contributed by atoms with E-state index in [1.54, 1.807) is 12.2 Å². The Labute approximate surface area is 104 Å². The molecule has 0 saturated heterocycles. The van der Waals surface area contributed by atoms with Crippen LogP contribution in [0.2, 0.25) is 0 Å². The molecule has 0 saturated carbocycles. The summed E-state index contributed by atoms with van der Waals surface area (Å²) in [7, 11) is 0. The molecule has 0 fully saturated rings. The van der Waals surface area contributed by atoms with E-state index >= 15 is 0 Å².